The van der Waals surface area contributed by atoms with Crippen LogP contribution in [0.3, 0.4) is 0 Å². The fourth-order valence-corrected chi connectivity index (χ4v) is 1.28. The molecule has 1 nitrogen and oxygen atoms in total. The highest BCUT2D eigenvalue weighted by atomic mass is 32.1. The third kappa shape index (κ3) is 2.18. The Balaban J connectivity index is 2.47. The highest BCUT2D eigenvalue weighted by Crippen LogP contribution is 2.02. The molecule has 1 heterocycles. The van der Waals surface area contributed by atoms with E-state index < -0.39 is 0 Å². The molecule has 1 aliphatic heterocycles. The van der Waals surface area contributed by atoms with E-state index in [0.717, 1.165) is 12.3 Å². The minimum Gasteiger partial charge on any atom is -0.235 e. The number of rotatable bonds is 2. The smallest absolute Gasteiger partial charge is 0.163 e. The van der Waals surface area contributed by atoms with Gasteiger partial charge in [-0.1, -0.05) is 5.57 Å². The first kappa shape index (κ1) is 7.86. The monoisotopic (exact) mass is 156 g/mol. The van der Waals surface area contributed by atoms with E-state index in [9.17, 15) is 0 Å². The van der Waals surface area contributed by atoms with Crippen molar-refractivity contribution in [2.45, 2.75) is 13.3 Å². The van der Waals surface area contributed by atoms with Gasteiger partial charge in [-0.15, -0.1) is 0 Å². The maximum Gasteiger partial charge on any atom is 0.163 e. The van der Waals surface area contributed by atoms with Crippen molar-refractivity contribution in [3.8, 4) is 0 Å². The van der Waals surface area contributed by atoms with Crippen LogP contribution in [0.4, 0.5) is 0 Å². The lowest BCUT2D eigenvalue weighted by Crippen LogP contribution is -2.19. The van der Waals surface area contributed by atoms with Gasteiger partial charge in [-0.25, -0.2) is 4.58 Å². The Morgan fingerprint density at radius 1 is 1.70 bits per heavy atom. The molecule has 2 heteroatoms. The van der Waals surface area contributed by atoms with Gasteiger partial charge < -0.3 is 0 Å². The van der Waals surface area contributed by atoms with Crippen LogP contribution < -0.4 is 0 Å². The average Bonchev–Trinajstić information content (AvgIpc) is 1.95. The molecule has 0 saturated carbocycles. The Hall–Kier alpha value is -0.240. The SMILES string of the molecule is CC1=CC=[N+](CCS)CC1. The molecule has 0 aromatic heterocycles. The molecule has 1 aliphatic rings. The minimum atomic E-state index is 0.948. The molecular weight excluding hydrogens is 142 g/mol. The Morgan fingerprint density at radius 2 is 2.50 bits per heavy atom. The predicted octanol–water partition coefficient (Wildman–Crippen LogP) is 1.35. The number of thiol groups is 1. The summed E-state index contributed by atoms with van der Waals surface area (Å²) >= 11 is 4.17. The van der Waals surface area contributed by atoms with E-state index in [1.807, 2.05) is 0 Å². The zero-order valence-corrected chi connectivity index (χ0v) is 7.27. The first-order valence-electron chi connectivity index (χ1n) is 3.68. The second kappa shape index (κ2) is 3.81. The van der Waals surface area contributed by atoms with Gasteiger partial charge >= 0.3 is 0 Å². The van der Waals surface area contributed by atoms with E-state index >= 15 is 0 Å². The molecular formula is C8H14NS+. The van der Waals surface area contributed by atoms with Gasteiger partial charge in [-0.2, -0.15) is 12.6 Å². The molecule has 0 bridgehead atoms. The van der Waals surface area contributed by atoms with Crippen LogP contribution >= 0.6 is 12.6 Å². The van der Waals surface area contributed by atoms with E-state index in [1.165, 1.54) is 18.5 Å². The molecule has 0 amide bonds. The zero-order chi connectivity index (χ0) is 7.40. The summed E-state index contributed by atoms with van der Waals surface area (Å²) in [5.74, 6) is 0.948. The van der Waals surface area contributed by atoms with Crippen molar-refractivity contribution in [2.75, 3.05) is 18.8 Å². The molecule has 0 atom stereocenters. The quantitative estimate of drug-likeness (QED) is 0.454. The van der Waals surface area contributed by atoms with Gasteiger partial charge in [-0.05, 0) is 6.92 Å². The lowest BCUT2D eigenvalue weighted by molar-refractivity contribution is -0.518. The highest BCUT2D eigenvalue weighted by molar-refractivity contribution is 7.80. The van der Waals surface area contributed by atoms with E-state index in [-0.39, 0.29) is 0 Å². The highest BCUT2D eigenvalue weighted by Gasteiger charge is 2.06. The summed E-state index contributed by atoms with van der Waals surface area (Å²) in [6.45, 7) is 4.42. The topological polar surface area (TPSA) is 3.01 Å². The number of hydrogen-bond acceptors (Lipinski definition) is 1. The third-order valence-electron chi connectivity index (χ3n) is 1.75. The summed E-state index contributed by atoms with van der Waals surface area (Å²) in [6.07, 6.45) is 5.56. The van der Waals surface area contributed by atoms with E-state index in [2.05, 4.69) is 36.4 Å². The molecule has 0 N–H and O–H groups in total. The van der Waals surface area contributed by atoms with Crippen LogP contribution in [0.5, 0.6) is 0 Å². The van der Waals surface area contributed by atoms with Crippen LogP contribution in [-0.2, 0) is 0 Å². The van der Waals surface area contributed by atoms with Crippen molar-refractivity contribution in [3.05, 3.63) is 11.6 Å². The van der Waals surface area contributed by atoms with Crippen molar-refractivity contribution in [3.63, 3.8) is 0 Å². The first-order chi connectivity index (χ1) is 4.83. The standard InChI is InChI=1S/C8H13NS/c1-8-2-4-9(5-3-8)6-7-10/h2,4H,3,5-7H2,1H3/p+1. The fourth-order valence-electron chi connectivity index (χ4n) is 1.03. The van der Waals surface area contributed by atoms with Crippen LogP contribution in [-0.4, -0.2) is 29.6 Å². The van der Waals surface area contributed by atoms with E-state index in [1.54, 1.807) is 0 Å². The van der Waals surface area contributed by atoms with Gasteiger partial charge in [-0.3, -0.25) is 0 Å². The Kier molecular flexibility index (Phi) is 3.00. The van der Waals surface area contributed by atoms with Gasteiger partial charge in [0, 0.05) is 18.2 Å². The van der Waals surface area contributed by atoms with Crippen LogP contribution in [0.25, 0.3) is 0 Å². The molecule has 0 aliphatic carbocycles. The summed E-state index contributed by atoms with van der Waals surface area (Å²) in [4.78, 5) is 0. The van der Waals surface area contributed by atoms with Crippen LogP contribution in [0.15, 0.2) is 11.6 Å². The Morgan fingerprint density at radius 3 is 3.00 bits per heavy atom. The minimum absolute atomic E-state index is 0.948. The van der Waals surface area contributed by atoms with Gasteiger partial charge in [0.05, 0.1) is 0 Å². The van der Waals surface area contributed by atoms with Crippen molar-refractivity contribution in [2.24, 2.45) is 0 Å². The van der Waals surface area contributed by atoms with Crippen molar-refractivity contribution >= 4 is 18.8 Å². The predicted molar refractivity (Wildman–Crippen MR) is 48.3 cm³/mol. The summed E-state index contributed by atoms with van der Waals surface area (Å²) in [5.41, 5.74) is 1.48. The normalized spacial score (nSPS) is 18.2. The van der Waals surface area contributed by atoms with Crippen LogP contribution in [0.1, 0.15) is 13.3 Å². The lowest BCUT2D eigenvalue weighted by atomic mass is 10.2. The molecule has 1 rings (SSSR count). The summed E-state index contributed by atoms with van der Waals surface area (Å²) < 4.78 is 2.31. The Labute approximate surface area is 67.9 Å². The zero-order valence-electron chi connectivity index (χ0n) is 6.38. The third-order valence-corrected chi connectivity index (χ3v) is 1.95. The van der Waals surface area contributed by atoms with Crippen LogP contribution in [0, 0.1) is 0 Å². The summed E-state index contributed by atoms with van der Waals surface area (Å²) in [6, 6.07) is 0. The van der Waals surface area contributed by atoms with Gasteiger partial charge in [0.15, 0.2) is 12.8 Å². The second-order valence-corrected chi connectivity index (χ2v) is 3.12. The molecule has 56 valence electrons. The number of allylic oxidation sites excluding steroid dienone is 1. The van der Waals surface area contributed by atoms with E-state index in [0.29, 0.717) is 0 Å². The van der Waals surface area contributed by atoms with Gasteiger partial charge in [0.1, 0.15) is 6.54 Å². The molecule has 0 aromatic carbocycles. The maximum absolute atomic E-state index is 4.17. The molecule has 0 aromatic rings. The lowest BCUT2D eigenvalue weighted by Gasteiger charge is -2.05. The average molecular weight is 156 g/mol. The molecule has 0 radical (unpaired) electrons. The van der Waals surface area contributed by atoms with Gasteiger partial charge in [0.25, 0.3) is 0 Å². The van der Waals surface area contributed by atoms with E-state index in [4.69, 9.17) is 0 Å². The van der Waals surface area contributed by atoms with Gasteiger partial charge in [0.2, 0.25) is 0 Å². The molecule has 0 spiro atoms. The van der Waals surface area contributed by atoms with Crippen molar-refractivity contribution in [1.82, 2.24) is 0 Å². The molecule has 0 unspecified atom stereocenters. The summed E-state index contributed by atoms with van der Waals surface area (Å²) in [7, 11) is 0. The molecule has 0 fully saturated rings. The number of hydrogen-bond donors (Lipinski definition) is 1. The fraction of sp³-hybridized carbons (Fsp3) is 0.625. The molecule has 0 saturated heterocycles. The van der Waals surface area contributed by atoms with Crippen LogP contribution in [0.2, 0.25) is 0 Å². The second-order valence-electron chi connectivity index (χ2n) is 2.67. The summed E-state index contributed by atoms with van der Waals surface area (Å²) in [5, 5.41) is 0. The number of nitrogens with zero attached hydrogens (tertiary/aromatic N) is 1. The van der Waals surface area contributed by atoms with Crippen molar-refractivity contribution < 1.29 is 4.58 Å². The maximum atomic E-state index is 4.17. The Bertz CT molecular complexity index is 166. The molecule has 10 heavy (non-hydrogen) atoms. The largest absolute Gasteiger partial charge is 0.235 e. The first-order valence-corrected chi connectivity index (χ1v) is 4.31. The van der Waals surface area contributed by atoms with Crippen molar-refractivity contribution in [1.29, 1.82) is 0 Å².